The molecule has 1 aromatic heterocycles. The molecule has 4 aliphatic rings. The maximum Gasteiger partial charge on any atom is 0.408 e. The number of nitrogens with zero attached hydrogens (tertiary/aromatic N) is 2. The third kappa shape index (κ3) is 6.96. The highest BCUT2D eigenvalue weighted by atomic mass is 16.6. The first kappa shape index (κ1) is 35.0. The average Bonchev–Trinajstić information content (AvgIpc) is 3.67. The second-order valence-corrected chi connectivity index (χ2v) is 16.5. The van der Waals surface area contributed by atoms with Crippen molar-refractivity contribution in [1.82, 2.24) is 14.9 Å². The number of aromatic nitrogens is 2. The van der Waals surface area contributed by atoms with Gasteiger partial charge in [0, 0.05) is 17.5 Å². The minimum Gasteiger partial charge on any atom is -0.461 e. The molecule has 7 rings (SSSR count). The SMILES string of the molecule is CC(C)(C)OC(=O)NC(CC(=O)OCc1ccccc1)C(=O)O[C@H]1CC[C@@]2(C)C(=CCC3C2CC[C@]2(C)C(n4cnc5ccccc54)=CCC32)C1. The van der Waals surface area contributed by atoms with Gasteiger partial charge in [0.15, 0.2) is 0 Å². The molecule has 0 saturated heterocycles. The first-order valence-corrected chi connectivity index (χ1v) is 18.6. The van der Waals surface area contributed by atoms with Crippen LogP contribution >= 0.6 is 0 Å². The van der Waals surface area contributed by atoms with Gasteiger partial charge >= 0.3 is 18.0 Å². The molecule has 0 aliphatic heterocycles. The monoisotopic (exact) mass is 693 g/mol. The number of nitrogens with one attached hydrogen (secondary N) is 1. The zero-order chi connectivity index (χ0) is 36.0. The summed E-state index contributed by atoms with van der Waals surface area (Å²) in [5.41, 5.74) is 5.18. The van der Waals surface area contributed by atoms with Crippen molar-refractivity contribution >= 4 is 34.8 Å². The van der Waals surface area contributed by atoms with Crippen LogP contribution < -0.4 is 5.32 Å². The summed E-state index contributed by atoms with van der Waals surface area (Å²) in [6.07, 6.45) is 12.2. The zero-order valence-corrected chi connectivity index (χ0v) is 30.5. The van der Waals surface area contributed by atoms with Crippen molar-refractivity contribution in [1.29, 1.82) is 0 Å². The molecule has 0 radical (unpaired) electrons. The number of carbonyl (C=O) groups is 3. The first-order chi connectivity index (χ1) is 24.3. The fourth-order valence-electron chi connectivity index (χ4n) is 9.65. The van der Waals surface area contributed by atoms with Gasteiger partial charge in [-0.05, 0) is 100 Å². The molecule has 2 fully saturated rings. The lowest BCUT2D eigenvalue weighted by Gasteiger charge is -2.57. The molecule has 51 heavy (non-hydrogen) atoms. The van der Waals surface area contributed by atoms with Crippen molar-refractivity contribution in [2.75, 3.05) is 0 Å². The minimum absolute atomic E-state index is 0.0486. The Bertz CT molecular complexity index is 1860. The Morgan fingerprint density at radius 1 is 0.941 bits per heavy atom. The largest absolute Gasteiger partial charge is 0.461 e. The van der Waals surface area contributed by atoms with E-state index in [0.717, 1.165) is 49.6 Å². The summed E-state index contributed by atoms with van der Waals surface area (Å²) in [6, 6.07) is 16.5. The summed E-state index contributed by atoms with van der Waals surface area (Å²) in [7, 11) is 0. The van der Waals surface area contributed by atoms with Gasteiger partial charge in [0.2, 0.25) is 0 Å². The Labute approximate surface area is 300 Å². The number of allylic oxidation sites excluding steroid dienone is 3. The molecule has 270 valence electrons. The first-order valence-electron chi connectivity index (χ1n) is 18.6. The lowest BCUT2D eigenvalue weighted by atomic mass is 9.47. The highest BCUT2D eigenvalue weighted by Crippen LogP contribution is 2.65. The van der Waals surface area contributed by atoms with Gasteiger partial charge < -0.3 is 24.1 Å². The Hall–Kier alpha value is -4.40. The second kappa shape index (κ2) is 13.6. The number of rotatable bonds is 8. The molecule has 2 aromatic carbocycles. The lowest BCUT2D eigenvalue weighted by molar-refractivity contribution is -0.158. The van der Waals surface area contributed by atoms with E-state index in [0.29, 0.717) is 24.2 Å². The van der Waals surface area contributed by atoms with E-state index in [-0.39, 0.29) is 30.0 Å². The number of imidazole rings is 1. The van der Waals surface area contributed by atoms with Gasteiger partial charge in [-0.1, -0.05) is 74.0 Å². The predicted octanol–water partition coefficient (Wildman–Crippen LogP) is 8.39. The Morgan fingerprint density at radius 2 is 1.69 bits per heavy atom. The number of carbonyl (C=O) groups excluding carboxylic acids is 3. The van der Waals surface area contributed by atoms with E-state index >= 15 is 0 Å². The van der Waals surface area contributed by atoms with E-state index < -0.39 is 29.7 Å². The molecule has 3 aromatic rings. The van der Waals surface area contributed by atoms with E-state index in [1.54, 1.807) is 20.8 Å². The van der Waals surface area contributed by atoms with Crippen molar-refractivity contribution in [3.63, 3.8) is 0 Å². The molecule has 9 heteroatoms. The topological polar surface area (TPSA) is 109 Å². The van der Waals surface area contributed by atoms with Crippen molar-refractivity contribution in [2.45, 2.75) is 110 Å². The van der Waals surface area contributed by atoms with Gasteiger partial charge in [-0.3, -0.25) is 4.79 Å². The molecule has 9 nitrogen and oxygen atoms in total. The van der Waals surface area contributed by atoms with Gasteiger partial charge in [0.1, 0.15) is 30.7 Å². The van der Waals surface area contributed by atoms with Crippen LogP contribution in [-0.4, -0.2) is 45.3 Å². The normalized spacial score (nSPS) is 29.0. The van der Waals surface area contributed by atoms with E-state index in [9.17, 15) is 14.4 Å². The molecule has 0 bridgehead atoms. The summed E-state index contributed by atoms with van der Waals surface area (Å²) in [6.45, 7) is 10.2. The summed E-state index contributed by atoms with van der Waals surface area (Å²) >= 11 is 0. The van der Waals surface area contributed by atoms with Crippen LogP contribution in [0.25, 0.3) is 16.7 Å². The quantitative estimate of drug-likeness (QED) is 0.143. The molecule has 0 spiro atoms. The van der Waals surface area contributed by atoms with Crippen LogP contribution in [0.4, 0.5) is 4.79 Å². The molecule has 1 amide bonds. The number of fused-ring (bicyclic) bond motifs is 6. The van der Waals surface area contributed by atoms with Crippen molar-refractivity contribution < 1.29 is 28.6 Å². The van der Waals surface area contributed by atoms with Crippen LogP contribution in [0, 0.1) is 28.6 Å². The van der Waals surface area contributed by atoms with Crippen LogP contribution in [0.3, 0.4) is 0 Å². The van der Waals surface area contributed by atoms with Gasteiger partial charge in [-0.2, -0.15) is 0 Å². The van der Waals surface area contributed by atoms with Gasteiger partial charge in [0.25, 0.3) is 0 Å². The number of para-hydroxylation sites is 2. The zero-order valence-electron chi connectivity index (χ0n) is 30.5. The number of hydrogen-bond acceptors (Lipinski definition) is 7. The summed E-state index contributed by atoms with van der Waals surface area (Å²) in [5.74, 6) is 0.471. The summed E-state index contributed by atoms with van der Waals surface area (Å²) < 4.78 is 19.3. The smallest absolute Gasteiger partial charge is 0.408 e. The highest BCUT2D eigenvalue weighted by Gasteiger charge is 2.57. The fraction of sp³-hybridized carbons (Fsp3) is 0.524. The maximum atomic E-state index is 13.6. The number of amides is 1. The highest BCUT2D eigenvalue weighted by molar-refractivity contribution is 5.86. The van der Waals surface area contributed by atoms with Crippen LogP contribution in [0.15, 0.2) is 78.6 Å². The lowest BCUT2D eigenvalue weighted by Crippen LogP contribution is -2.51. The molecule has 2 saturated carbocycles. The third-order valence-electron chi connectivity index (χ3n) is 12.2. The third-order valence-corrected chi connectivity index (χ3v) is 12.2. The van der Waals surface area contributed by atoms with Crippen LogP contribution in [0.1, 0.15) is 91.5 Å². The summed E-state index contributed by atoms with van der Waals surface area (Å²) in [4.78, 5) is 43.9. The standard InChI is InChI=1S/C42H51N3O6/c1-40(2,3)51-39(48)44-34(24-37(46)49-25-27-11-7-6-8-12-27)38(47)50-29-19-21-41(4)28(23-29)15-16-30-31-17-18-36(42(31,5)22-20-32(30)41)45-26-43-33-13-9-10-14-35(33)45/h6-15,18,26,29-32,34H,16-17,19-25H2,1-5H3,(H,44,48)/t29-,30?,31?,32?,34?,41-,42-/m0/s1. The molecule has 4 unspecified atom stereocenters. The van der Waals surface area contributed by atoms with E-state index in [1.807, 2.05) is 42.7 Å². The number of benzene rings is 2. The molecule has 1 heterocycles. The molecule has 7 atom stereocenters. The number of esters is 2. The average molecular weight is 694 g/mol. The molecular weight excluding hydrogens is 642 g/mol. The molecular formula is C42H51N3O6. The number of alkyl carbamates (subject to hydrolysis) is 1. The molecule has 1 N–H and O–H groups in total. The van der Waals surface area contributed by atoms with Crippen molar-refractivity contribution in [2.24, 2.45) is 28.6 Å². The van der Waals surface area contributed by atoms with Gasteiger partial charge in [-0.25, -0.2) is 14.6 Å². The Balaban J connectivity index is 1.02. The Kier molecular flexibility index (Phi) is 9.35. The van der Waals surface area contributed by atoms with Crippen LogP contribution in [0.5, 0.6) is 0 Å². The second-order valence-electron chi connectivity index (χ2n) is 16.5. The van der Waals surface area contributed by atoms with E-state index in [4.69, 9.17) is 19.2 Å². The van der Waals surface area contributed by atoms with Crippen molar-refractivity contribution in [3.8, 4) is 0 Å². The van der Waals surface area contributed by atoms with Crippen LogP contribution in [-0.2, 0) is 30.4 Å². The van der Waals surface area contributed by atoms with E-state index in [2.05, 4.69) is 54.1 Å². The van der Waals surface area contributed by atoms with Crippen molar-refractivity contribution in [3.05, 3.63) is 84.2 Å². The fourth-order valence-corrected chi connectivity index (χ4v) is 9.65. The van der Waals surface area contributed by atoms with Gasteiger partial charge in [0.05, 0.1) is 17.5 Å². The number of hydrogen-bond donors (Lipinski definition) is 1. The number of ether oxygens (including phenoxy) is 3. The maximum absolute atomic E-state index is 13.6. The predicted molar refractivity (Wildman–Crippen MR) is 195 cm³/mol. The Morgan fingerprint density at radius 3 is 2.47 bits per heavy atom. The summed E-state index contributed by atoms with van der Waals surface area (Å²) in [5, 5.41) is 2.58. The minimum atomic E-state index is -1.23. The van der Waals surface area contributed by atoms with Gasteiger partial charge in [-0.15, -0.1) is 0 Å². The van der Waals surface area contributed by atoms with Crippen LogP contribution in [0.2, 0.25) is 0 Å². The molecule has 4 aliphatic carbocycles. The van der Waals surface area contributed by atoms with E-state index in [1.165, 1.54) is 16.8 Å².